The van der Waals surface area contributed by atoms with E-state index in [4.69, 9.17) is 11.6 Å². The van der Waals surface area contributed by atoms with Crippen LogP contribution in [0.1, 0.15) is 32.3 Å². The summed E-state index contributed by atoms with van der Waals surface area (Å²) in [5.74, 6) is 1.02. The van der Waals surface area contributed by atoms with E-state index in [0.717, 1.165) is 18.7 Å². The summed E-state index contributed by atoms with van der Waals surface area (Å²) in [5, 5.41) is 10.5. The van der Waals surface area contributed by atoms with Gasteiger partial charge >= 0.3 is 0 Å². The molecule has 0 aliphatic carbocycles. The Kier molecular flexibility index (Phi) is 3.95. The van der Waals surface area contributed by atoms with Crippen LogP contribution in [-0.4, -0.2) is 22.6 Å². The van der Waals surface area contributed by atoms with Gasteiger partial charge < -0.3 is 5.11 Å². The van der Waals surface area contributed by atoms with Gasteiger partial charge in [-0.2, -0.15) is 0 Å². The van der Waals surface area contributed by atoms with Gasteiger partial charge in [0.1, 0.15) is 5.75 Å². The molecule has 3 heteroatoms. The fourth-order valence-electron chi connectivity index (χ4n) is 2.70. The molecule has 1 saturated heterocycles. The van der Waals surface area contributed by atoms with Gasteiger partial charge in [0.05, 0.1) is 0 Å². The third kappa shape index (κ3) is 2.93. The third-order valence-electron chi connectivity index (χ3n) is 3.60. The molecule has 1 N–H and O–H groups in total. The first-order valence-electron chi connectivity index (χ1n) is 6.29. The third-order valence-corrected chi connectivity index (χ3v) is 3.83. The van der Waals surface area contributed by atoms with Crippen molar-refractivity contribution in [2.24, 2.45) is 5.92 Å². The Morgan fingerprint density at radius 3 is 2.94 bits per heavy atom. The van der Waals surface area contributed by atoms with Gasteiger partial charge in [-0.15, -0.1) is 0 Å². The van der Waals surface area contributed by atoms with Crippen molar-refractivity contribution in [3.63, 3.8) is 0 Å². The molecule has 94 valence electrons. The second-order valence-corrected chi connectivity index (χ2v) is 5.63. The minimum Gasteiger partial charge on any atom is -0.508 e. The highest BCUT2D eigenvalue weighted by atomic mass is 35.5. The molecule has 0 aromatic heterocycles. The molecular formula is C14H20ClNO. The molecule has 1 aliphatic rings. The minimum absolute atomic E-state index is 0.351. The lowest BCUT2D eigenvalue weighted by Crippen LogP contribution is -2.32. The lowest BCUT2D eigenvalue weighted by atomic mass is 10.0. The Balaban J connectivity index is 2.12. The van der Waals surface area contributed by atoms with Crippen molar-refractivity contribution in [1.82, 2.24) is 4.90 Å². The SMILES string of the molecule is CC(C)C1CCCN1Cc1cc(Cl)ccc1O. The molecule has 2 rings (SSSR count). The van der Waals surface area contributed by atoms with Gasteiger partial charge in [-0.3, -0.25) is 4.90 Å². The van der Waals surface area contributed by atoms with Gasteiger partial charge in [-0.1, -0.05) is 25.4 Å². The minimum atomic E-state index is 0.351. The topological polar surface area (TPSA) is 23.5 Å². The summed E-state index contributed by atoms with van der Waals surface area (Å²) in [6.45, 7) is 6.45. The van der Waals surface area contributed by atoms with Crippen LogP contribution >= 0.6 is 11.6 Å². The van der Waals surface area contributed by atoms with Crippen molar-refractivity contribution >= 4 is 11.6 Å². The van der Waals surface area contributed by atoms with Crippen molar-refractivity contribution in [1.29, 1.82) is 0 Å². The van der Waals surface area contributed by atoms with E-state index in [-0.39, 0.29) is 0 Å². The number of nitrogens with zero attached hydrogens (tertiary/aromatic N) is 1. The Hall–Kier alpha value is -0.730. The molecule has 1 heterocycles. The van der Waals surface area contributed by atoms with Crippen LogP contribution in [0.3, 0.4) is 0 Å². The summed E-state index contributed by atoms with van der Waals surface area (Å²) in [5.41, 5.74) is 0.935. The summed E-state index contributed by atoms with van der Waals surface area (Å²) in [4.78, 5) is 2.45. The number of halogens is 1. The van der Waals surface area contributed by atoms with Crippen LogP contribution in [0.15, 0.2) is 18.2 Å². The van der Waals surface area contributed by atoms with Gasteiger partial charge in [-0.05, 0) is 43.5 Å². The van der Waals surface area contributed by atoms with Crippen LogP contribution in [0.25, 0.3) is 0 Å². The summed E-state index contributed by atoms with van der Waals surface area (Å²) in [6, 6.07) is 5.91. The molecule has 0 radical (unpaired) electrons. The molecule has 0 bridgehead atoms. The average molecular weight is 254 g/mol. The molecule has 1 aromatic rings. The van der Waals surface area contributed by atoms with Crippen LogP contribution in [0.4, 0.5) is 0 Å². The summed E-state index contributed by atoms with van der Waals surface area (Å²) < 4.78 is 0. The zero-order valence-corrected chi connectivity index (χ0v) is 11.2. The van der Waals surface area contributed by atoms with Crippen LogP contribution in [0.2, 0.25) is 5.02 Å². The normalized spacial score (nSPS) is 21.3. The Morgan fingerprint density at radius 1 is 1.47 bits per heavy atom. The molecule has 1 aromatic carbocycles. The van der Waals surface area contributed by atoms with Crippen LogP contribution < -0.4 is 0 Å². The maximum Gasteiger partial charge on any atom is 0.120 e. The number of likely N-dealkylation sites (tertiary alicyclic amines) is 1. The van der Waals surface area contributed by atoms with Gasteiger partial charge in [0, 0.05) is 23.2 Å². The number of benzene rings is 1. The standard InChI is InChI=1S/C14H20ClNO/c1-10(2)13-4-3-7-16(13)9-11-8-12(15)5-6-14(11)17/h5-6,8,10,13,17H,3-4,7,9H2,1-2H3. The Labute approximate surface area is 108 Å². The average Bonchev–Trinajstić information content (AvgIpc) is 2.71. The second kappa shape index (κ2) is 5.28. The zero-order chi connectivity index (χ0) is 12.4. The maximum absolute atomic E-state index is 9.83. The lowest BCUT2D eigenvalue weighted by molar-refractivity contribution is 0.197. The van der Waals surface area contributed by atoms with E-state index in [9.17, 15) is 5.11 Å². The molecule has 0 saturated carbocycles. The number of hydrogen-bond acceptors (Lipinski definition) is 2. The van der Waals surface area contributed by atoms with Gasteiger partial charge in [0.2, 0.25) is 0 Å². The van der Waals surface area contributed by atoms with Crippen molar-refractivity contribution in [3.05, 3.63) is 28.8 Å². The van der Waals surface area contributed by atoms with E-state index in [1.807, 2.05) is 6.07 Å². The fourth-order valence-corrected chi connectivity index (χ4v) is 2.90. The van der Waals surface area contributed by atoms with Gasteiger partial charge in [-0.25, -0.2) is 0 Å². The number of phenolic OH excluding ortho intramolecular Hbond substituents is 1. The first-order chi connectivity index (χ1) is 8.08. The monoisotopic (exact) mass is 253 g/mol. The highest BCUT2D eigenvalue weighted by Crippen LogP contribution is 2.29. The quantitative estimate of drug-likeness (QED) is 0.889. The van der Waals surface area contributed by atoms with Crippen LogP contribution in [-0.2, 0) is 6.54 Å². The summed E-state index contributed by atoms with van der Waals surface area (Å²) in [7, 11) is 0. The van der Waals surface area contributed by atoms with Crippen molar-refractivity contribution in [3.8, 4) is 5.75 Å². The van der Waals surface area contributed by atoms with Crippen molar-refractivity contribution in [2.45, 2.75) is 39.3 Å². The van der Waals surface area contributed by atoms with Gasteiger partial charge in [0.15, 0.2) is 0 Å². The molecule has 2 nitrogen and oxygen atoms in total. The number of hydrogen-bond donors (Lipinski definition) is 1. The number of phenols is 1. The molecular weight excluding hydrogens is 234 g/mol. The highest BCUT2D eigenvalue weighted by Gasteiger charge is 2.27. The first kappa shape index (κ1) is 12.7. The number of rotatable bonds is 3. The summed E-state index contributed by atoms with van der Waals surface area (Å²) in [6.07, 6.45) is 2.52. The molecule has 1 atom stereocenters. The van der Waals surface area contributed by atoms with E-state index >= 15 is 0 Å². The molecule has 1 unspecified atom stereocenters. The van der Waals surface area contributed by atoms with E-state index in [2.05, 4.69) is 18.7 Å². The highest BCUT2D eigenvalue weighted by molar-refractivity contribution is 6.30. The predicted octanol–water partition coefficient (Wildman–Crippen LogP) is 3.67. The van der Waals surface area contributed by atoms with Crippen molar-refractivity contribution in [2.75, 3.05) is 6.54 Å². The van der Waals surface area contributed by atoms with E-state index in [1.54, 1.807) is 12.1 Å². The molecule has 0 spiro atoms. The van der Waals surface area contributed by atoms with E-state index < -0.39 is 0 Å². The molecule has 0 amide bonds. The second-order valence-electron chi connectivity index (χ2n) is 5.20. The number of aromatic hydroxyl groups is 1. The fraction of sp³-hybridized carbons (Fsp3) is 0.571. The predicted molar refractivity (Wildman–Crippen MR) is 71.4 cm³/mol. The maximum atomic E-state index is 9.83. The largest absolute Gasteiger partial charge is 0.508 e. The van der Waals surface area contributed by atoms with Crippen LogP contribution in [0, 0.1) is 5.92 Å². The van der Waals surface area contributed by atoms with Gasteiger partial charge in [0.25, 0.3) is 0 Å². The van der Waals surface area contributed by atoms with Crippen LogP contribution in [0.5, 0.6) is 5.75 Å². The summed E-state index contributed by atoms with van der Waals surface area (Å²) >= 11 is 5.97. The molecule has 1 fully saturated rings. The Bertz CT molecular complexity index is 392. The zero-order valence-electron chi connectivity index (χ0n) is 10.5. The van der Waals surface area contributed by atoms with E-state index in [1.165, 1.54) is 12.8 Å². The van der Waals surface area contributed by atoms with E-state index in [0.29, 0.717) is 22.7 Å². The molecule has 17 heavy (non-hydrogen) atoms. The first-order valence-corrected chi connectivity index (χ1v) is 6.67. The lowest BCUT2D eigenvalue weighted by Gasteiger charge is -2.27. The smallest absolute Gasteiger partial charge is 0.120 e. The Morgan fingerprint density at radius 2 is 2.24 bits per heavy atom. The molecule has 1 aliphatic heterocycles. The van der Waals surface area contributed by atoms with Crippen molar-refractivity contribution < 1.29 is 5.11 Å².